The molecule has 2 unspecified atom stereocenters. The van der Waals surface area contributed by atoms with E-state index in [1.54, 1.807) is 44.4 Å². The fourth-order valence-corrected chi connectivity index (χ4v) is 2.11. The van der Waals surface area contributed by atoms with Crippen LogP contribution in [0.5, 0.6) is 23.0 Å². The minimum Gasteiger partial charge on any atom is -0.504 e. The van der Waals surface area contributed by atoms with Crippen molar-refractivity contribution in [3.8, 4) is 23.0 Å². The molecule has 5 nitrogen and oxygen atoms in total. The second-order valence-electron chi connectivity index (χ2n) is 4.80. The van der Waals surface area contributed by atoms with Crippen LogP contribution in [0.2, 0.25) is 0 Å². The minimum absolute atomic E-state index is 0.281. The Morgan fingerprint density at radius 3 is 2.36 bits per heavy atom. The third-order valence-electron chi connectivity index (χ3n) is 3.32. The number of methoxy groups -OCH3 is 2. The summed E-state index contributed by atoms with van der Waals surface area (Å²) in [6.45, 7) is 1.80. The van der Waals surface area contributed by atoms with Gasteiger partial charge in [-0.3, -0.25) is 0 Å². The molecule has 0 aromatic heterocycles. The lowest BCUT2D eigenvalue weighted by atomic mass is 10.0. The van der Waals surface area contributed by atoms with Crippen molar-refractivity contribution >= 4 is 0 Å². The van der Waals surface area contributed by atoms with Gasteiger partial charge < -0.3 is 24.4 Å². The van der Waals surface area contributed by atoms with E-state index in [4.69, 9.17) is 22.2 Å². The predicted octanol–water partition coefficient (Wildman–Crippen LogP) is 2.91. The Hall–Kier alpha value is -2.40. The molecule has 0 saturated heterocycles. The SMILES string of the molecule is [2H]Oc1ccc(C(O[2H])C(C)Oc2ccccc2OC)cc1OC. The smallest absolute Gasteiger partial charge is 0.293 e. The Bertz CT molecular complexity index is 665. The summed E-state index contributed by atoms with van der Waals surface area (Å²) in [6.07, 6.45) is -1.13. The zero-order valence-electron chi connectivity index (χ0n) is 14.7. The molecule has 0 heterocycles. The van der Waals surface area contributed by atoms with Crippen LogP contribution in [0.3, 0.4) is 0 Å². The molecule has 118 valence electrons. The fraction of sp³-hybridized carbons (Fsp3) is 0.294. The molecule has 5 heteroatoms. The number of para-hydroxylation sites is 2. The van der Waals surface area contributed by atoms with Gasteiger partial charge in [0.25, 0.3) is 1.43 Å². The number of aromatic hydroxyl groups is 1. The van der Waals surface area contributed by atoms with Gasteiger partial charge in [-0.1, -0.05) is 18.2 Å². The summed E-state index contributed by atoms with van der Waals surface area (Å²) in [5.74, 6) is 1.83. The van der Waals surface area contributed by atoms with Crippen LogP contribution in [0, 0.1) is 0 Å². The highest BCUT2D eigenvalue weighted by Gasteiger charge is 2.20. The maximum Gasteiger partial charge on any atom is 0.293 e. The lowest BCUT2D eigenvalue weighted by Crippen LogP contribution is -2.22. The molecule has 22 heavy (non-hydrogen) atoms. The Morgan fingerprint density at radius 1 is 1.00 bits per heavy atom. The molecule has 2 aromatic rings. The van der Waals surface area contributed by atoms with Gasteiger partial charge in [0.05, 0.1) is 14.2 Å². The summed E-state index contributed by atoms with van der Waals surface area (Å²) in [7, 11) is 3.04. The van der Waals surface area contributed by atoms with Crippen molar-refractivity contribution in [3.63, 3.8) is 0 Å². The van der Waals surface area contributed by atoms with Crippen molar-refractivity contribution in [1.29, 1.82) is 2.86 Å². The van der Waals surface area contributed by atoms with Gasteiger partial charge in [0.1, 0.15) is 12.2 Å². The fourth-order valence-electron chi connectivity index (χ4n) is 2.11. The molecule has 0 aliphatic rings. The van der Waals surface area contributed by atoms with E-state index in [0.29, 0.717) is 22.8 Å². The van der Waals surface area contributed by atoms with Gasteiger partial charge in [0, 0.05) is 0 Å². The van der Waals surface area contributed by atoms with Crippen molar-refractivity contribution in [3.05, 3.63) is 48.0 Å². The molecule has 0 spiro atoms. The van der Waals surface area contributed by atoms with Gasteiger partial charge in [0.2, 0.25) is 1.43 Å². The van der Waals surface area contributed by atoms with E-state index in [1.165, 1.54) is 7.11 Å². The van der Waals surface area contributed by atoms with Gasteiger partial charge in [0.15, 0.2) is 23.0 Å². The van der Waals surface area contributed by atoms with E-state index in [2.05, 4.69) is 5.11 Å². The number of aliphatic hydroxyl groups excluding tert-OH is 1. The third kappa shape index (κ3) is 3.43. The number of phenols is 1. The molecule has 0 bridgehead atoms. The number of hydrogen-bond acceptors (Lipinski definition) is 5. The maximum atomic E-state index is 7.40. The van der Waals surface area contributed by atoms with E-state index < -0.39 is 12.2 Å². The van der Waals surface area contributed by atoms with Crippen LogP contribution in [0.25, 0.3) is 0 Å². The van der Waals surface area contributed by atoms with Gasteiger partial charge in [-0.05, 0) is 36.8 Å². The van der Waals surface area contributed by atoms with Crippen LogP contribution in [-0.4, -0.2) is 33.4 Å². The van der Waals surface area contributed by atoms with Crippen LogP contribution < -0.4 is 14.2 Å². The predicted molar refractivity (Wildman–Crippen MR) is 82.7 cm³/mol. The maximum absolute atomic E-state index is 7.40. The summed E-state index contributed by atoms with van der Waals surface area (Å²) in [5, 5.41) is 9.34. The van der Waals surface area contributed by atoms with Crippen molar-refractivity contribution in [2.45, 2.75) is 19.1 Å². The molecule has 0 aliphatic heterocycles. The van der Waals surface area contributed by atoms with Gasteiger partial charge in [-0.15, -0.1) is 0 Å². The highest BCUT2D eigenvalue weighted by atomic mass is 16.5. The number of ether oxygens (including phenoxy) is 3. The standard InChI is InChI=1S/C17H20O5/c1-11(22-15-7-5-4-6-14(15)20-2)17(19)12-8-9-13(18)16(10-12)21-3/h4-11,17-19H,1-3H3/i19D/hD. The molecule has 2 rings (SSSR count). The van der Waals surface area contributed by atoms with E-state index in [1.807, 2.05) is 12.1 Å². The van der Waals surface area contributed by atoms with E-state index in [0.717, 1.165) is 0 Å². The molecule has 2 atom stereocenters. The van der Waals surface area contributed by atoms with Gasteiger partial charge in [-0.25, -0.2) is 0 Å². The first-order chi connectivity index (χ1) is 11.6. The van der Waals surface area contributed by atoms with Crippen LogP contribution in [-0.2, 0) is 0 Å². The normalized spacial score (nSPS) is 14.3. The van der Waals surface area contributed by atoms with Crippen LogP contribution in [0.1, 0.15) is 18.6 Å². The lowest BCUT2D eigenvalue weighted by Gasteiger charge is -2.22. The van der Waals surface area contributed by atoms with E-state index in [-0.39, 0.29) is 5.75 Å². The molecular formula is C17H20O5. The Labute approximate surface area is 132 Å². The number of hydrogen-bond donors (Lipinski definition) is 2. The monoisotopic (exact) mass is 306 g/mol. The average Bonchev–Trinajstić information content (AvgIpc) is 2.62. The second-order valence-corrected chi connectivity index (χ2v) is 4.80. The van der Waals surface area contributed by atoms with Gasteiger partial charge >= 0.3 is 0 Å². The molecule has 0 fully saturated rings. The summed E-state index contributed by atoms with van der Waals surface area (Å²) in [6, 6.07) is 12.2. The van der Waals surface area contributed by atoms with E-state index in [9.17, 15) is 0 Å². The van der Waals surface area contributed by atoms with Crippen molar-refractivity contribution in [2.75, 3.05) is 14.2 Å². The van der Waals surface area contributed by atoms with Crippen molar-refractivity contribution in [1.82, 2.24) is 0 Å². The summed E-state index contributed by atoms with van der Waals surface area (Å²) in [4.78, 5) is 0. The molecule has 0 amide bonds. The zero-order valence-corrected chi connectivity index (χ0v) is 12.7. The molecule has 2 aromatic carbocycles. The summed E-state index contributed by atoms with van der Waals surface area (Å²) < 4.78 is 30.7. The first-order valence-corrected chi connectivity index (χ1v) is 6.87. The minimum atomic E-state index is -0.663. The van der Waals surface area contributed by atoms with Crippen molar-refractivity contribution < 1.29 is 24.4 Å². The highest BCUT2D eigenvalue weighted by molar-refractivity contribution is 5.43. The summed E-state index contributed by atoms with van der Waals surface area (Å²) in [5.41, 5.74) is 0.671. The molecule has 2 N–H and O–H groups in total. The molecule has 0 radical (unpaired) electrons. The Morgan fingerprint density at radius 2 is 1.73 bits per heavy atom. The molecular weight excluding hydrogens is 284 g/mol. The van der Waals surface area contributed by atoms with Gasteiger partial charge in [-0.2, -0.15) is 0 Å². The van der Waals surface area contributed by atoms with Crippen molar-refractivity contribution in [2.24, 2.45) is 0 Å². The summed E-state index contributed by atoms with van der Waals surface area (Å²) >= 11 is 0. The number of phenolic OH excluding ortho intramolecular Hbond substituents is 1. The number of benzene rings is 2. The second kappa shape index (κ2) is 7.04. The molecule has 0 aliphatic carbocycles. The lowest BCUT2D eigenvalue weighted by molar-refractivity contribution is 0.0450. The first-order valence-electron chi connectivity index (χ1n) is 7.69. The Balaban J connectivity index is 2.24. The number of rotatable bonds is 8. The third-order valence-corrected chi connectivity index (χ3v) is 3.32. The number of aliphatic hydroxyl groups is 1. The zero-order chi connectivity index (χ0) is 17.5. The highest BCUT2D eigenvalue weighted by Crippen LogP contribution is 2.33. The Kier molecular flexibility index (Phi) is 4.25. The largest absolute Gasteiger partial charge is 0.504 e. The topological polar surface area (TPSA) is 68.2 Å². The van der Waals surface area contributed by atoms with Crippen LogP contribution in [0.4, 0.5) is 0 Å². The average molecular weight is 306 g/mol. The molecule has 0 saturated carbocycles. The quantitative estimate of drug-likeness (QED) is 0.785. The van der Waals surface area contributed by atoms with E-state index >= 15 is 0 Å². The van der Waals surface area contributed by atoms with Crippen LogP contribution >= 0.6 is 0 Å². The first kappa shape index (κ1) is 13.3. The van der Waals surface area contributed by atoms with Crippen LogP contribution in [0.15, 0.2) is 42.5 Å².